The number of anilines is 2. The lowest BCUT2D eigenvalue weighted by atomic mass is 10.2. The molecule has 0 saturated heterocycles. The lowest BCUT2D eigenvalue weighted by Gasteiger charge is -2.23. The second-order valence-electron chi connectivity index (χ2n) is 4.01. The van der Waals surface area contributed by atoms with Gasteiger partial charge in [0, 0.05) is 5.69 Å². The maximum Gasteiger partial charge on any atom is 0.246 e. The number of para-hydroxylation sites is 1. The van der Waals surface area contributed by atoms with Gasteiger partial charge >= 0.3 is 0 Å². The van der Waals surface area contributed by atoms with E-state index in [2.05, 4.69) is 0 Å². The largest absolute Gasteiger partial charge is 0.497 e. The molecule has 0 spiro atoms. The minimum absolute atomic E-state index is 0.128. The van der Waals surface area contributed by atoms with Crippen LogP contribution in [0.4, 0.5) is 11.4 Å². The van der Waals surface area contributed by atoms with Crippen LogP contribution in [0, 0.1) is 0 Å². The normalized spacial score (nSPS) is 10.2. The highest BCUT2D eigenvalue weighted by Gasteiger charge is 2.19. The van der Waals surface area contributed by atoms with Crippen LogP contribution in [0.5, 0.6) is 5.75 Å². The molecule has 2 aromatic rings. The van der Waals surface area contributed by atoms with E-state index in [1.165, 1.54) is 4.90 Å². The summed E-state index contributed by atoms with van der Waals surface area (Å²) in [4.78, 5) is 13.6. The molecule has 0 aromatic heterocycles. The molecular formula is C15H13Cl2NO2. The van der Waals surface area contributed by atoms with Gasteiger partial charge in [-0.25, -0.2) is 0 Å². The van der Waals surface area contributed by atoms with E-state index < -0.39 is 0 Å². The number of carbonyl (C=O) groups excluding carboxylic acids is 1. The Bertz CT molecular complexity index is 599. The van der Waals surface area contributed by atoms with Crippen LogP contribution in [-0.4, -0.2) is 18.9 Å². The number of nitrogens with zero attached hydrogens (tertiary/aromatic N) is 1. The second kappa shape index (κ2) is 6.64. The Morgan fingerprint density at radius 1 is 1.15 bits per heavy atom. The number of alkyl halides is 1. The number of amides is 1. The fourth-order valence-electron chi connectivity index (χ4n) is 1.84. The molecule has 1 amide bonds. The van der Waals surface area contributed by atoms with Crippen LogP contribution in [0.3, 0.4) is 0 Å². The monoisotopic (exact) mass is 309 g/mol. The number of hydrogen-bond donors (Lipinski definition) is 0. The predicted molar refractivity (Wildman–Crippen MR) is 82.3 cm³/mol. The zero-order valence-corrected chi connectivity index (χ0v) is 12.4. The van der Waals surface area contributed by atoms with Gasteiger partial charge in [0.05, 0.1) is 17.8 Å². The number of hydrogen-bond acceptors (Lipinski definition) is 2. The van der Waals surface area contributed by atoms with Crippen LogP contribution in [0.15, 0.2) is 48.5 Å². The first-order valence-corrected chi connectivity index (χ1v) is 6.86. The third kappa shape index (κ3) is 3.06. The zero-order chi connectivity index (χ0) is 14.5. The Morgan fingerprint density at radius 3 is 2.35 bits per heavy atom. The highest BCUT2D eigenvalue weighted by molar-refractivity contribution is 6.35. The number of halogens is 2. The smallest absolute Gasteiger partial charge is 0.246 e. The summed E-state index contributed by atoms with van der Waals surface area (Å²) in [7, 11) is 1.59. The summed E-state index contributed by atoms with van der Waals surface area (Å²) in [5.41, 5.74) is 1.29. The average Bonchev–Trinajstić information content (AvgIpc) is 2.50. The molecule has 104 valence electrons. The fourth-order valence-corrected chi connectivity index (χ4v) is 2.18. The highest BCUT2D eigenvalue weighted by Crippen LogP contribution is 2.32. The van der Waals surface area contributed by atoms with Gasteiger partial charge in [-0.1, -0.05) is 23.7 Å². The van der Waals surface area contributed by atoms with Gasteiger partial charge < -0.3 is 4.74 Å². The van der Waals surface area contributed by atoms with Gasteiger partial charge in [-0.3, -0.25) is 9.69 Å². The van der Waals surface area contributed by atoms with E-state index in [0.29, 0.717) is 22.1 Å². The molecule has 2 aromatic carbocycles. The zero-order valence-electron chi connectivity index (χ0n) is 10.8. The van der Waals surface area contributed by atoms with Crippen molar-refractivity contribution in [1.82, 2.24) is 0 Å². The number of carbonyl (C=O) groups is 1. The summed E-state index contributed by atoms with van der Waals surface area (Å²) in [5.74, 6) is 0.341. The van der Waals surface area contributed by atoms with Crippen molar-refractivity contribution in [2.75, 3.05) is 17.9 Å². The van der Waals surface area contributed by atoms with Crippen molar-refractivity contribution >= 4 is 40.5 Å². The molecule has 5 heteroatoms. The van der Waals surface area contributed by atoms with Gasteiger partial charge in [-0.15, -0.1) is 11.6 Å². The average molecular weight is 310 g/mol. The van der Waals surface area contributed by atoms with Crippen molar-refractivity contribution < 1.29 is 9.53 Å². The SMILES string of the molecule is COc1ccc(N(C(=O)CCl)c2ccccc2Cl)cc1. The number of methoxy groups -OCH3 is 1. The van der Waals surface area contributed by atoms with Gasteiger partial charge in [0.25, 0.3) is 0 Å². The Kier molecular flexibility index (Phi) is 4.88. The molecule has 0 radical (unpaired) electrons. The van der Waals surface area contributed by atoms with Gasteiger partial charge in [-0.2, -0.15) is 0 Å². The molecular weight excluding hydrogens is 297 g/mol. The summed E-state index contributed by atoms with van der Waals surface area (Å²) < 4.78 is 5.11. The molecule has 0 N–H and O–H groups in total. The lowest BCUT2D eigenvalue weighted by molar-refractivity contribution is -0.115. The molecule has 0 aliphatic rings. The summed E-state index contributed by atoms with van der Waals surface area (Å²) in [6, 6.07) is 14.3. The van der Waals surface area contributed by atoms with Gasteiger partial charge in [0.2, 0.25) is 5.91 Å². The van der Waals surface area contributed by atoms with Crippen molar-refractivity contribution in [3.05, 3.63) is 53.6 Å². The third-order valence-electron chi connectivity index (χ3n) is 2.79. The molecule has 0 aliphatic heterocycles. The van der Waals surface area contributed by atoms with E-state index in [9.17, 15) is 4.79 Å². The minimum atomic E-state index is -0.245. The molecule has 2 rings (SSSR count). The van der Waals surface area contributed by atoms with Gasteiger partial charge in [0.1, 0.15) is 11.6 Å². The molecule has 0 aliphatic carbocycles. The molecule has 0 fully saturated rings. The van der Waals surface area contributed by atoms with Crippen LogP contribution in [0.25, 0.3) is 0 Å². The lowest BCUT2D eigenvalue weighted by Crippen LogP contribution is -2.27. The van der Waals surface area contributed by atoms with Crippen molar-refractivity contribution in [1.29, 1.82) is 0 Å². The van der Waals surface area contributed by atoms with Crippen molar-refractivity contribution in [2.24, 2.45) is 0 Å². The molecule has 0 bridgehead atoms. The highest BCUT2D eigenvalue weighted by atomic mass is 35.5. The molecule has 20 heavy (non-hydrogen) atoms. The summed E-state index contributed by atoms with van der Waals surface area (Å²) >= 11 is 11.9. The van der Waals surface area contributed by atoms with E-state index in [4.69, 9.17) is 27.9 Å². The molecule has 3 nitrogen and oxygen atoms in total. The predicted octanol–water partition coefficient (Wildman–Crippen LogP) is 4.25. The van der Waals surface area contributed by atoms with Crippen molar-refractivity contribution in [2.45, 2.75) is 0 Å². The molecule has 0 atom stereocenters. The molecule has 0 heterocycles. The number of benzene rings is 2. The van der Waals surface area contributed by atoms with E-state index in [1.807, 2.05) is 12.1 Å². The summed E-state index contributed by atoms with van der Waals surface area (Å²) in [5, 5.41) is 0.488. The van der Waals surface area contributed by atoms with E-state index >= 15 is 0 Å². The number of ether oxygens (including phenoxy) is 1. The quantitative estimate of drug-likeness (QED) is 0.790. The van der Waals surface area contributed by atoms with Crippen LogP contribution in [0.1, 0.15) is 0 Å². The third-order valence-corrected chi connectivity index (χ3v) is 3.34. The fraction of sp³-hybridized carbons (Fsp3) is 0.133. The molecule has 0 saturated carbocycles. The van der Waals surface area contributed by atoms with Crippen LogP contribution in [-0.2, 0) is 4.79 Å². The summed E-state index contributed by atoms with van der Waals surface area (Å²) in [6.45, 7) is 0. The van der Waals surface area contributed by atoms with Gasteiger partial charge in [0.15, 0.2) is 0 Å². The Balaban J connectivity index is 2.47. The van der Waals surface area contributed by atoms with Gasteiger partial charge in [-0.05, 0) is 36.4 Å². The van der Waals surface area contributed by atoms with Crippen LogP contribution >= 0.6 is 23.2 Å². The summed E-state index contributed by atoms with van der Waals surface area (Å²) in [6.07, 6.45) is 0. The Labute approximate surface area is 127 Å². The first-order valence-electron chi connectivity index (χ1n) is 5.95. The van der Waals surface area contributed by atoms with Crippen LogP contribution in [0.2, 0.25) is 5.02 Å². The Hall–Kier alpha value is -1.71. The number of rotatable bonds is 4. The maximum absolute atomic E-state index is 12.1. The first-order chi connectivity index (χ1) is 9.67. The standard InChI is InChI=1S/C15H13Cl2NO2/c1-20-12-8-6-11(7-9-12)18(15(19)10-16)14-5-3-2-4-13(14)17/h2-9H,10H2,1H3. The van der Waals surface area contributed by atoms with Crippen LogP contribution < -0.4 is 9.64 Å². The topological polar surface area (TPSA) is 29.5 Å². The van der Waals surface area contributed by atoms with E-state index in [0.717, 1.165) is 0 Å². The maximum atomic E-state index is 12.1. The molecule has 0 unspecified atom stereocenters. The first kappa shape index (κ1) is 14.7. The second-order valence-corrected chi connectivity index (χ2v) is 4.69. The Morgan fingerprint density at radius 2 is 1.80 bits per heavy atom. The van der Waals surface area contributed by atoms with E-state index in [1.54, 1.807) is 43.5 Å². The minimum Gasteiger partial charge on any atom is -0.497 e. The van der Waals surface area contributed by atoms with E-state index in [-0.39, 0.29) is 11.8 Å². The van der Waals surface area contributed by atoms with Crippen molar-refractivity contribution in [3.63, 3.8) is 0 Å². The van der Waals surface area contributed by atoms with Crippen molar-refractivity contribution in [3.8, 4) is 5.75 Å².